The molecule has 5 heteroatoms. The van der Waals surface area contributed by atoms with Gasteiger partial charge in [0.05, 0.1) is 19.0 Å². The van der Waals surface area contributed by atoms with Crippen molar-refractivity contribution in [2.24, 2.45) is 5.10 Å². The van der Waals surface area contributed by atoms with E-state index in [1.807, 2.05) is 12.1 Å². The molecule has 2 heterocycles. The Morgan fingerprint density at radius 1 is 1.33 bits per heavy atom. The molecule has 21 heavy (non-hydrogen) atoms. The number of para-hydroxylation sites is 1. The van der Waals surface area contributed by atoms with E-state index in [9.17, 15) is 4.79 Å². The number of aryl methyl sites for hydroxylation is 1. The summed E-state index contributed by atoms with van der Waals surface area (Å²) in [6.45, 7) is 1.21. The Kier molecular flexibility index (Phi) is 4.00. The molecule has 1 aliphatic rings. The standard InChI is InChI=1S/C16H17N3O2/c20-16(18-17-11-14-7-4-10-21-14)12-19-9-3-6-13-5-1-2-8-15(13)19/h1-2,4-5,7-8,10-11H,3,6,9,12H2,(H,18,20). The zero-order valence-corrected chi connectivity index (χ0v) is 11.7. The molecule has 1 aliphatic heterocycles. The molecule has 0 bridgehead atoms. The molecule has 1 N–H and O–H groups in total. The van der Waals surface area contributed by atoms with Gasteiger partial charge < -0.3 is 9.32 Å². The number of anilines is 1. The van der Waals surface area contributed by atoms with Crippen molar-refractivity contribution in [2.45, 2.75) is 12.8 Å². The first kappa shape index (κ1) is 13.4. The number of hydrogen-bond donors (Lipinski definition) is 1. The Morgan fingerprint density at radius 3 is 3.10 bits per heavy atom. The van der Waals surface area contributed by atoms with Gasteiger partial charge in [-0.3, -0.25) is 4.79 Å². The van der Waals surface area contributed by atoms with E-state index in [0.29, 0.717) is 12.3 Å². The lowest BCUT2D eigenvalue weighted by Gasteiger charge is -2.30. The van der Waals surface area contributed by atoms with Crippen molar-refractivity contribution in [3.05, 3.63) is 54.0 Å². The highest BCUT2D eigenvalue weighted by Gasteiger charge is 2.18. The molecule has 108 valence electrons. The minimum atomic E-state index is -0.130. The fourth-order valence-electron chi connectivity index (χ4n) is 2.52. The van der Waals surface area contributed by atoms with Crippen molar-refractivity contribution < 1.29 is 9.21 Å². The largest absolute Gasteiger partial charge is 0.463 e. The molecule has 1 aromatic carbocycles. The van der Waals surface area contributed by atoms with Crippen LogP contribution in [0.2, 0.25) is 0 Å². The summed E-state index contributed by atoms with van der Waals surface area (Å²) < 4.78 is 5.10. The first-order chi connectivity index (χ1) is 10.3. The second-order valence-electron chi connectivity index (χ2n) is 4.96. The molecule has 0 radical (unpaired) electrons. The maximum atomic E-state index is 12.0. The number of nitrogens with one attached hydrogen (secondary N) is 1. The van der Waals surface area contributed by atoms with Gasteiger partial charge in [-0.1, -0.05) is 18.2 Å². The molecule has 3 rings (SSSR count). The third kappa shape index (κ3) is 3.31. The van der Waals surface area contributed by atoms with E-state index in [1.54, 1.807) is 18.4 Å². The van der Waals surface area contributed by atoms with Gasteiger partial charge in [0.2, 0.25) is 0 Å². The number of carbonyl (C=O) groups is 1. The van der Waals surface area contributed by atoms with Crippen molar-refractivity contribution in [3.8, 4) is 0 Å². The molecule has 2 aromatic rings. The Bertz CT molecular complexity index is 635. The van der Waals surface area contributed by atoms with E-state index in [4.69, 9.17) is 4.42 Å². The van der Waals surface area contributed by atoms with Crippen molar-refractivity contribution in [1.29, 1.82) is 0 Å². The number of amides is 1. The fourth-order valence-corrected chi connectivity index (χ4v) is 2.52. The number of benzene rings is 1. The summed E-state index contributed by atoms with van der Waals surface area (Å²) in [7, 11) is 0. The van der Waals surface area contributed by atoms with E-state index in [0.717, 1.165) is 25.1 Å². The van der Waals surface area contributed by atoms with Crippen LogP contribution in [0.5, 0.6) is 0 Å². The molecule has 1 amide bonds. The number of hydrogen-bond acceptors (Lipinski definition) is 4. The number of furan rings is 1. The van der Waals surface area contributed by atoms with E-state index in [1.165, 1.54) is 11.8 Å². The average Bonchev–Trinajstić information content (AvgIpc) is 3.01. The van der Waals surface area contributed by atoms with Gasteiger partial charge in [-0.2, -0.15) is 5.10 Å². The van der Waals surface area contributed by atoms with Crippen molar-refractivity contribution in [2.75, 3.05) is 18.0 Å². The minimum absolute atomic E-state index is 0.130. The van der Waals surface area contributed by atoms with Gasteiger partial charge in [0.15, 0.2) is 0 Å². The highest BCUT2D eigenvalue weighted by Crippen LogP contribution is 2.26. The van der Waals surface area contributed by atoms with Crippen molar-refractivity contribution >= 4 is 17.8 Å². The summed E-state index contributed by atoms with van der Waals surface area (Å²) in [5.74, 6) is 0.480. The van der Waals surface area contributed by atoms with Gasteiger partial charge in [-0.25, -0.2) is 5.43 Å². The second kappa shape index (κ2) is 6.26. The molecule has 0 spiro atoms. The van der Waals surface area contributed by atoms with Crippen LogP contribution < -0.4 is 10.3 Å². The Hall–Kier alpha value is -2.56. The third-order valence-electron chi connectivity index (χ3n) is 3.47. The van der Waals surface area contributed by atoms with Gasteiger partial charge in [0, 0.05) is 12.2 Å². The summed E-state index contributed by atoms with van der Waals surface area (Å²) in [5, 5.41) is 3.89. The summed E-state index contributed by atoms with van der Waals surface area (Å²) in [5.41, 5.74) is 4.98. The summed E-state index contributed by atoms with van der Waals surface area (Å²) in [6, 6.07) is 11.8. The smallest absolute Gasteiger partial charge is 0.259 e. The first-order valence-electron chi connectivity index (χ1n) is 7.01. The van der Waals surface area contributed by atoms with Gasteiger partial charge in [-0.15, -0.1) is 0 Å². The Labute approximate surface area is 123 Å². The highest BCUT2D eigenvalue weighted by molar-refractivity contribution is 5.83. The summed E-state index contributed by atoms with van der Waals surface area (Å²) >= 11 is 0. The number of fused-ring (bicyclic) bond motifs is 1. The maximum Gasteiger partial charge on any atom is 0.259 e. The number of carbonyl (C=O) groups excluding carboxylic acids is 1. The lowest BCUT2D eigenvalue weighted by molar-refractivity contribution is -0.119. The maximum absolute atomic E-state index is 12.0. The van der Waals surface area contributed by atoms with Crippen LogP contribution in [-0.4, -0.2) is 25.2 Å². The van der Waals surface area contributed by atoms with Crippen LogP contribution in [0, 0.1) is 0 Å². The van der Waals surface area contributed by atoms with Crippen molar-refractivity contribution in [1.82, 2.24) is 5.43 Å². The Morgan fingerprint density at radius 2 is 2.24 bits per heavy atom. The topological polar surface area (TPSA) is 57.8 Å². The van der Waals surface area contributed by atoms with Crippen LogP contribution >= 0.6 is 0 Å². The molecular formula is C16H17N3O2. The van der Waals surface area contributed by atoms with E-state index >= 15 is 0 Å². The predicted octanol–water partition coefficient (Wildman–Crippen LogP) is 2.18. The van der Waals surface area contributed by atoms with Crippen LogP contribution in [-0.2, 0) is 11.2 Å². The van der Waals surface area contributed by atoms with Crippen molar-refractivity contribution in [3.63, 3.8) is 0 Å². The Balaban J connectivity index is 1.58. The normalized spacial score (nSPS) is 14.2. The number of rotatable bonds is 4. The number of nitrogens with zero attached hydrogens (tertiary/aromatic N) is 2. The predicted molar refractivity (Wildman–Crippen MR) is 81.4 cm³/mol. The first-order valence-corrected chi connectivity index (χ1v) is 7.01. The van der Waals surface area contributed by atoms with Crippen LogP contribution in [0.25, 0.3) is 0 Å². The molecular weight excluding hydrogens is 266 g/mol. The SMILES string of the molecule is O=C(CN1CCCc2ccccc21)NN=Cc1ccco1. The molecule has 0 aliphatic carbocycles. The molecule has 0 unspecified atom stereocenters. The average molecular weight is 283 g/mol. The van der Waals surface area contributed by atoms with Gasteiger partial charge in [0.25, 0.3) is 5.91 Å². The highest BCUT2D eigenvalue weighted by atomic mass is 16.3. The van der Waals surface area contributed by atoms with Gasteiger partial charge in [0.1, 0.15) is 5.76 Å². The van der Waals surface area contributed by atoms with Gasteiger partial charge >= 0.3 is 0 Å². The monoisotopic (exact) mass is 283 g/mol. The molecule has 0 fully saturated rings. The fraction of sp³-hybridized carbons (Fsp3) is 0.250. The second-order valence-corrected chi connectivity index (χ2v) is 4.96. The molecule has 1 aromatic heterocycles. The third-order valence-corrected chi connectivity index (χ3v) is 3.47. The lowest BCUT2D eigenvalue weighted by atomic mass is 10.0. The summed E-state index contributed by atoms with van der Waals surface area (Å²) in [6.07, 6.45) is 5.20. The van der Waals surface area contributed by atoms with E-state index in [2.05, 4.69) is 27.6 Å². The van der Waals surface area contributed by atoms with Crippen LogP contribution in [0.1, 0.15) is 17.7 Å². The zero-order valence-electron chi connectivity index (χ0n) is 11.7. The number of hydrazone groups is 1. The minimum Gasteiger partial charge on any atom is -0.463 e. The lowest BCUT2D eigenvalue weighted by Crippen LogP contribution is -2.38. The van der Waals surface area contributed by atoms with Crippen LogP contribution in [0.15, 0.2) is 52.2 Å². The van der Waals surface area contributed by atoms with Crippen LogP contribution in [0.3, 0.4) is 0 Å². The zero-order chi connectivity index (χ0) is 14.5. The molecule has 0 saturated heterocycles. The molecule has 5 nitrogen and oxygen atoms in total. The quantitative estimate of drug-likeness (QED) is 0.691. The van der Waals surface area contributed by atoms with E-state index < -0.39 is 0 Å². The molecule has 0 atom stereocenters. The van der Waals surface area contributed by atoms with Gasteiger partial charge in [-0.05, 0) is 36.6 Å². The molecule has 0 saturated carbocycles. The summed E-state index contributed by atoms with van der Waals surface area (Å²) in [4.78, 5) is 14.0. The van der Waals surface area contributed by atoms with Crippen LogP contribution in [0.4, 0.5) is 5.69 Å². The van der Waals surface area contributed by atoms with E-state index in [-0.39, 0.29) is 5.91 Å².